The van der Waals surface area contributed by atoms with Crippen molar-refractivity contribution in [2.45, 2.75) is 13.0 Å². The normalized spacial score (nSPS) is 10.4. The summed E-state index contributed by atoms with van der Waals surface area (Å²) in [5.74, 6) is -0.452. The maximum atomic E-state index is 13.2. The first kappa shape index (κ1) is 20.1. The minimum atomic E-state index is -0.515. The van der Waals surface area contributed by atoms with Crippen LogP contribution in [0.25, 0.3) is 0 Å². The molecule has 0 heterocycles. The fraction of sp³-hybridized carbons (Fsp3) is 0.130. The first-order valence-electron chi connectivity index (χ1n) is 9.15. The quantitative estimate of drug-likeness (QED) is 0.631. The number of halogens is 1. The van der Waals surface area contributed by atoms with Crippen molar-refractivity contribution >= 4 is 17.5 Å². The highest BCUT2D eigenvalue weighted by Crippen LogP contribution is 2.19. The highest BCUT2D eigenvalue weighted by atomic mass is 19.1. The van der Waals surface area contributed by atoms with E-state index in [0.29, 0.717) is 17.9 Å². The number of para-hydroxylation sites is 1. The lowest BCUT2D eigenvalue weighted by atomic mass is 10.1. The minimum Gasteiger partial charge on any atom is -0.489 e. The van der Waals surface area contributed by atoms with Gasteiger partial charge < -0.3 is 15.4 Å². The second kappa shape index (κ2) is 9.50. The molecule has 0 aliphatic rings. The zero-order chi connectivity index (χ0) is 20.6. The standard InChI is InChI=1S/C23H21FN2O3/c24-19-10-12-20(13-11-19)26(15-14-22(25)27)23(28)18-8-6-17(7-9-18)16-29-21-4-2-1-3-5-21/h1-13H,14-16H2,(H2,25,27). The molecule has 0 spiro atoms. The van der Waals surface area contributed by atoms with Gasteiger partial charge in [-0.3, -0.25) is 9.59 Å². The zero-order valence-corrected chi connectivity index (χ0v) is 15.8. The van der Waals surface area contributed by atoms with E-state index in [4.69, 9.17) is 10.5 Å². The molecule has 0 atom stereocenters. The molecular weight excluding hydrogens is 371 g/mol. The van der Waals surface area contributed by atoms with E-state index in [1.165, 1.54) is 29.2 Å². The second-order valence-electron chi connectivity index (χ2n) is 6.45. The lowest BCUT2D eigenvalue weighted by Gasteiger charge is -2.22. The van der Waals surface area contributed by atoms with Crippen LogP contribution in [-0.2, 0) is 11.4 Å². The summed E-state index contributed by atoms with van der Waals surface area (Å²) in [7, 11) is 0. The number of nitrogens with two attached hydrogens (primary N) is 1. The molecule has 0 bridgehead atoms. The number of ether oxygens (including phenoxy) is 1. The molecule has 29 heavy (non-hydrogen) atoms. The third kappa shape index (κ3) is 5.65. The van der Waals surface area contributed by atoms with Crippen molar-refractivity contribution in [3.8, 4) is 5.75 Å². The van der Waals surface area contributed by atoms with Gasteiger partial charge in [0.05, 0.1) is 0 Å². The van der Waals surface area contributed by atoms with E-state index in [0.717, 1.165) is 11.3 Å². The molecule has 0 saturated heterocycles. The summed E-state index contributed by atoms with van der Waals surface area (Å²) in [4.78, 5) is 25.6. The predicted molar refractivity (Wildman–Crippen MR) is 109 cm³/mol. The summed E-state index contributed by atoms with van der Waals surface area (Å²) in [5.41, 5.74) is 7.09. The Morgan fingerprint density at radius 2 is 1.55 bits per heavy atom. The molecule has 0 saturated carbocycles. The van der Waals surface area contributed by atoms with Crippen LogP contribution in [-0.4, -0.2) is 18.4 Å². The van der Waals surface area contributed by atoms with Crippen LogP contribution in [0.4, 0.5) is 10.1 Å². The monoisotopic (exact) mass is 392 g/mol. The molecule has 5 nitrogen and oxygen atoms in total. The number of anilines is 1. The molecule has 0 aromatic heterocycles. The van der Waals surface area contributed by atoms with Crippen LogP contribution in [0.2, 0.25) is 0 Å². The Morgan fingerprint density at radius 3 is 2.17 bits per heavy atom. The number of primary amides is 1. The first-order chi connectivity index (χ1) is 14.0. The number of carbonyl (C=O) groups excluding carboxylic acids is 2. The highest BCUT2D eigenvalue weighted by molar-refractivity contribution is 6.06. The Labute approximate surface area is 168 Å². The van der Waals surface area contributed by atoms with Crippen molar-refractivity contribution in [2.24, 2.45) is 5.73 Å². The van der Waals surface area contributed by atoms with Gasteiger partial charge in [0.15, 0.2) is 0 Å². The van der Waals surface area contributed by atoms with Crippen LogP contribution in [0.15, 0.2) is 78.9 Å². The minimum absolute atomic E-state index is 0.00607. The van der Waals surface area contributed by atoms with Gasteiger partial charge in [0.25, 0.3) is 5.91 Å². The van der Waals surface area contributed by atoms with Gasteiger partial charge in [-0.1, -0.05) is 30.3 Å². The van der Waals surface area contributed by atoms with Crippen LogP contribution < -0.4 is 15.4 Å². The summed E-state index contributed by atoms with van der Waals surface area (Å²) >= 11 is 0. The SMILES string of the molecule is NC(=O)CCN(C(=O)c1ccc(COc2ccccc2)cc1)c1ccc(F)cc1. The van der Waals surface area contributed by atoms with Gasteiger partial charge in [-0.15, -0.1) is 0 Å². The maximum Gasteiger partial charge on any atom is 0.258 e. The fourth-order valence-electron chi connectivity index (χ4n) is 2.77. The third-order valence-corrected chi connectivity index (χ3v) is 4.31. The van der Waals surface area contributed by atoms with Gasteiger partial charge in [-0.05, 0) is 54.1 Å². The van der Waals surface area contributed by atoms with Gasteiger partial charge in [-0.2, -0.15) is 0 Å². The Hall–Kier alpha value is -3.67. The predicted octanol–water partition coefficient (Wildman–Crippen LogP) is 3.93. The number of carbonyl (C=O) groups is 2. The van der Waals surface area contributed by atoms with Gasteiger partial charge in [0.1, 0.15) is 18.2 Å². The second-order valence-corrected chi connectivity index (χ2v) is 6.45. The Kier molecular flexibility index (Phi) is 6.58. The molecule has 3 aromatic carbocycles. The number of rotatable bonds is 8. The molecule has 0 aliphatic heterocycles. The van der Waals surface area contributed by atoms with Gasteiger partial charge in [-0.25, -0.2) is 4.39 Å². The molecule has 148 valence electrons. The van der Waals surface area contributed by atoms with E-state index in [1.54, 1.807) is 12.1 Å². The van der Waals surface area contributed by atoms with E-state index in [1.807, 2.05) is 42.5 Å². The van der Waals surface area contributed by atoms with E-state index in [2.05, 4.69) is 0 Å². The van der Waals surface area contributed by atoms with Gasteiger partial charge >= 0.3 is 0 Å². The summed E-state index contributed by atoms with van der Waals surface area (Å²) in [6.45, 7) is 0.487. The largest absolute Gasteiger partial charge is 0.489 e. The summed E-state index contributed by atoms with van der Waals surface area (Å²) in [6, 6.07) is 22.0. The number of hydrogen-bond acceptors (Lipinski definition) is 3. The lowest BCUT2D eigenvalue weighted by Crippen LogP contribution is -2.34. The van der Waals surface area contributed by atoms with Gasteiger partial charge in [0.2, 0.25) is 5.91 Å². The zero-order valence-electron chi connectivity index (χ0n) is 15.8. The van der Waals surface area contributed by atoms with E-state index < -0.39 is 11.7 Å². The van der Waals surface area contributed by atoms with Crippen LogP contribution >= 0.6 is 0 Å². The van der Waals surface area contributed by atoms with Crippen molar-refractivity contribution < 1.29 is 18.7 Å². The summed E-state index contributed by atoms with van der Waals surface area (Å²) < 4.78 is 18.9. The molecule has 3 rings (SSSR count). The van der Waals surface area contributed by atoms with E-state index in [-0.39, 0.29) is 18.9 Å². The maximum absolute atomic E-state index is 13.2. The van der Waals surface area contributed by atoms with Crippen LogP contribution in [0.3, 0.4) is 0 Å². The van der Waals surface area contributed by atoms with E-state index in [9.17, 15) is 14.0 Å². The first-order valence-corrected chi connectivity index (χ1v) is 9.15. The molecule has 0 fully saturated rings. The Balaban J connectivity index is 1.72. The van der Waals surface area contributed by atoms with Crippen LogP contribution in [0, 0.1) is 5.82 Å². The average Bonchev–Trinajstić information content (AvgIpc) is 2.74. The van der Waals surface area contributed by atoms with Crippen molar-refractivity contribution in [3.63, 3.8) is 0 Å². The van der Waals surface area contributed by atoms with Gasteiger partial charge in [0, 0.05) is 24.2 Å². The Morgan fingerprint density at radius 1 is 0.897 bits per heavy atom. The Bertz CT molecular complexity index is 958. The van der Waals surface area contributed by atoms with Crippen molar-refractivity contribution in [1.29, 1.82) is 0 Å². The molecule has 0 radical (unpaired) electrons. The molecule has 2 N–H and O–H groups in total. The molecule has 0 aliphatic carbocycles. The molecule has 6 heteroatoms. The smallest absolute Gasteiger partial charge is 0.258 e. The van der Waals surface area contributed by atoms with E-state index >= 15 is 0 Å². The molecular formula is C23H21FN2O3. The number of amides is 2. The topological polar surface area (TPSA) is 72.6 Å². The lowest BCUT2D eigenvalue weighted by molar-refractivity contribution is -0.117. The van der Waals surface area contributed by atoms with Crippen molar-refractivity contribution in [3.05, 3.63) is 95.8 Å². The summed E-state index contributed by atoms with van der Waals surface area (Å²) in [6.07, 6.45) is 0.00607. The molecule has 2 amide bonds. The fourth-order valence-corrected chi connectivity index (χ4v) is 2.77. The number of nitrogens with zero attached hydrogens (tertiary/aromatic N) is 1. The molecule has 0 unspecified atom stereocenters. The van der Waals surface area contributed by atoms with Crippen molar-refractivity contribution in [2.75, 3.05) is 11.4 Å². The number of benzene rings is 3. The molecule has 3 aromatic rings. The van der Waals surface area contributed by atoms with Crippen LogP contribution in [0.5, 0.6) is 5.75 Å². The third-order valence-electron chi connectivity index (χ3n) is 4.31. The van der Waals surface area contributed by atoms with Crippen molar-refractivity contribution in [1.82, 2.24) is 0 Å². The highest BCUT2D eigenvalue weighted by Gasteiger charge is 2.18. The van der Waals surface area contributed by atoms with Crippen LogP contribution in [0.1, 0.15) is 22.3 Å². The average molecular weight is 392 g/mol. The summed E-state index contributed by atoms with van der Waals surface area (Å²) in [5, 5.41) is 0. The number of hydrogen-bond donors (Lipinski definition) is 1.